The molecule has 0 aliphatic rings. The van der Waals surface area contributed by atoms with Crippen molar-refractivity contribution >= 4 is 21.7 Å². The van der Waals surface area contributed by atoms with E-state index in [4.69, 9.17) is 9.47 Å². The van der Waals surface area contributed by atoms with Crippen LogP contribution in [0.15, 0.2) is 53.7 Å². The van der Waals surface area contributed by atoms with E-state index in [1.54, 1.807) is 18.2 Å². The minimum atomic E-state index is -4.70. The molecule has 0 spiro atoms. The lowest BCUT2D eigenvalue weighted by Gasteiger charge is -2.14. The Hall–Kier alpha value is -4.44. The number of aromatic nitrogens is 5. The number of methoxy groups -OCH3 is 2. The number of aryl methyl sites for hydroxylation is 1. The molecule has 3 heterocycles. The van der Waals surface area contributed by atoms with E-state index in [1.165, 1.54) is 44.3 Å². The van der Waals surface area contributed by atoms with E-state index >= 15 is 0 Å². The van der Waals surface area contributed by atoms with Gasteiger partial charge in [0.05, 0.1) is 20.5 Å². The van der Waals surface area contributed by atoms with Gasteiger partial charge in [0, 0.05) is 72.8 Å². The van der Waals surface area contributed by atoms with Gasteiger partial charge in [0.1, 0.15) is 11.5 Å². The second-order valence-electron chi connectivity index (χ2n) is 8.56. The van der Waals surface area contributed by atoms with E-state index < -0.39 is 27.5 Å². The standard InChI is InChI=1S/C24H24F3N7O5S/c1-33-13-15(7-14(22(33)35)11-29-40(4,36)37)19-12-28-23(30-16-8-17(38-2)10-18(9-16)39-3)31-21(19)34-6-5-20(32-34)24(25,26)27/h5-10,12-13,29H,11H2,1-4H3,(H,28,30,31). The van der Waals surface area contributed by atoms with Crippen molar-refractivity contribution < 1.29 is 31.1 Å². The number of benzene rings is 1. The molecule has 0 saturated carbocycles. The maximum absolute atomic E-state index is 13.3. The fraction of sp³-hybridized carbons (Fsp3) is 0.250. The molecule has 0 radical (unpaired) electrons. The van der Waals surface area contributed by atoms with Crippen molar-refractivity contribution in [3.8, 4) is 28.4 Å². The third kappa shape index (κ3) is 6.58. The number of hydrogen-bond donors (Lipinski definition) is 2. The number of rotatable bonds is 9. The molecule has 0 amide bonds. The molecule has 0 unspecified atom stereocenters. The molecule has 2 N–H and O–H groups in total. The van der Waals surface area contributed by atoms with Crippen LogP contribution in [0.1, 0.15) is 11.3 Å². The minimum absolute atomic E-state index is 0.0156. The Balaban J connectivity index is 1.84. The molecule has 3 aromatic heterocycles. The summed E-state index contributed by atoms with van der Waals surface area (Å²) in [6, 6.07) is 7.15. The van der Waals surface area contributed by atoms with Crippen molar-refractivity contribution in [2.24, 2.45) is 7.05 Å². The van der Waals surface area contributed by atoms with Gasteiger partial charge >= 0.3 is 6.18 Å². The van der Waals surface area contributed by atoms with Crippen molar-refractivity contribution in [1.29, 1.82) is 0 Å². The van der Waals surface area contributed by atoms with Crippen LogP contribution in [0.25, 0.3) is 16.9 Å². The van der Waals surface area contributed by atoms with Gasteiger partial charge in [0.2, 0.25) is 16.0 Å². The number of anilines is 2. The van der Waals surface area contributed by atoms with Crippen LogP contribution in [-0.2, 0) is 29.8 Å². The van der Waals surface area contributed by atoms with Gasteiger partial charge in [-0.15, -0.1) is 0 Å². The molecule has 40 heavy (non-hydrogen) atoms. The largest absolute Gasteiger partial charge is 0.497 e. The number of nitrogens with zero attached hydrogens (tertiary/aromatic N) is 5. The molecule has 0 aliphatic heterocycles. The topological polar surface area (TPSA) is 142 Å². The third-order valence-corrected chi connectivity index (χ3v) is 6.23. The fourth-order valence-corrected chi connectivity index (χ4v) is 4.09. The van der Waals surface area contributed by atoms with Crippen LogP contribution in [0.2, 0.25) is 0 Å². The van der Waals surface area contributed by atoms with Gasteiger partial charge in [-0.3, -0.25) is 4.79 Å². The maximum atomic E-state index is 13.3. The lowest BCUT2D eigenvalue weighted by Crippen LogP contribution is -2.28. The Bertz CT molecular complexity index is 1700. The second kappa shape index (κ2) is 11.0. The smallest absolute Gasteiger partial charge is 0.435 e. The number of nitrogens with one attached hydrogen (secondary N) is 2. The quantitative estimate of drug-likeness (QED) is 0.306. The summed E-state index contributed by atoms with van der Waals surface area (Å²) >= 11 is 0. The van der Waals surface area contributed by atoms with Gasteiger partial charge in [-0.1, -0.05) is 0 Å². The normalized spacial score (nSPS) is 11.9. The summed E-state index contributed by atoms with van der Waals surface area (Å²) in [5.41, 5.74) is -0.474. The van der Waals surface area contributed by atoms with Crippen LogP contribution >= 0.6 is 0 Å². The zero-order chi connectivity index (χ0) is 29.2. The summed E-state index contributed by atoms with van der Waals surface area (Å²) in [7, 11) is 0.803. The van der Waals surface area contributed by atoms with Crippen molar-refractivity contribution in [3.05, 3.63) is 70.5 Å². The zero-order valence-corrected chi connectivity index (χ0v) is 22.5. The number of ether oxygens (including phenoxy) is 2. The van der Waals surface area contributed by atoms with Gasteiger partial charge in [0.15, 0.2) is 11.5 Å². The van der Waals surface area contributed by atoms with Crippen LogP contribution in [0.4, 0.5) is 24.8 Å². The SMILES string of the molecule is COc1cc(Nc2ncc(-c3cc(CNS(C)(=O)=O)c(=O)n(C)c3)c(-n3ccc(C(F)(F)F)n3)n2)cc(OC)c1. The highest BCUT2D eigenvalue weighted by Gasteiger charge is 2.34. The van der Waals surface area contributed by atoms with Gasteiger partial charge in [0.25, 0.3) is 5.56 Å². The number of halogens is 3. The molecular formula is C24H24F3N7O5S. The predicted molar refractivity (Wildman–Crippen MR) is 139 cm³/mol. The molecule has 212 valence electrons. The lowest BCUT2D eigenvalue weighted by atomic mass is 10.1. The average molecular weight is 580 g/mol. The highest BCUT2D eigenvalue weighted by molar-refractivity contribution is 7.88. The molecule has 0 fully saturated rings. The van der Waals surface area contributed by atoms with Crippen LogP contribution in [0.5, 0.6) is 11.5 Å². The van der Waals surface area contributed by atoms with Crippen LogP contribution in [0, 0.1) is 0 Å². The van der Waals surface area contributed by atoms with Crippen LogP contribution < -0.4 is 25.1 Å². The second-order valence-corrected chi connectivity index (χ2v) is 10.4. The zero-order valence-electron chi connectivity index (χ0n) is 21.6. The maximum Gasteiger partial charge on any atom is 0.435 e. The van der Waals surface area contributed by atoms with Crippen molar-refractivity contribution in [1.82, 2.24) is 29.0 Å². The van der Waals surface area contributed by atoms with E-state index in [0.29, 0.717) is 22.7 Å². The molecular weight excluding hydrogens is 555 g/mol. The van der Waals surface area contributed by atoms with Crippen LogP contribution in [-0.4, -0.2) is 53.2 Å². The van der Waals surface area contributed by atoms with Crippen molar-refractivity contribution in [2.45, 2.75) is 12.7 Å². The van der Waals surface area contributed by atoms with E-state index in [9.17, 15) is 26.4 Å². The summed E-state index contributed by atoms with van der Waals surface area (Å²) in [5, 5.41) is 6.62. The molecule has 1 aromatic carbocycles. The molecule has 0 saturated heterocycles. The molecule has 4 aromatic rings. The summed E-state index contributed by atoms with van der Waals surface area (Å²) in [5.74, 6) is 0.924. The Morgan fingerprint density at radius 2 is 1.75 bits per heavy atom. The minimum Gasteiger partial charge on any atom is -0.497 e. The Kier molecular flexibility index (Phi) is 7.84. The number of alkyl halides is 3. The third-order valence-electron chi connectivity index (χ3n) is 5.57. The van der Waals surface area contributed by atoms with E-state index in [0.717, 1.165) is 23.2 Å². The van der Waals surface area contributed by atoms with Crippen LogP contribution in [0.3, 0.4) is 0 Å². The molecule has 0 aliphatic carbocycles. The van der Waals surface area contributed by atoms with Gasteiger partial charge in [-0.05, 0) is 12.1 Å². The Morgan fingerprint density at radius 3 is 2.33 bits per heavy atom. The fourth-order valence-electron chi connectivity index (χ4n) is 3.68. The Morgan fingerprint density at radius 1 is 1.07 bits per heavy atom. The highest BCUT2D eigenvalue weighted by atomic mass is 32.2. The number of pyridine rings is 1. The summed E-state index contributed by atoms with van der Waals surface area (Å²) in [4.78, 5) is 21.3. The molecule has 12 nitrogen and oxygen atoms in total. The van der Waals surface area contributed by atoms with Gasteiger partial charge in [-0.2, -0.15) is 23.3 Å². The first-order chi connectivity index (χ1) is 18.8. The molecule has 16 heteroatoms. The molecule has 4 rings (SSSR count). The van der Waals surface area contributed by atoms with E-state index in [2.05, 4.69) is 25.1 Å². The van der Waals surface area contributed by atoms with E-state index in [1.807, 2.05) is 0 Å². The first-order valence-corrected chi connectivity index (χ1v) is 13.3. The first-order valence-electron chi connectivity index (χ1n) is 11.4. The molecule has 0 atom stereocenters. The lowest BCUT2D eigenvalue weighted by molar-refractivity contribution is -0.141. The van der Waals surface area contributed by atoms with Crippen molar-refractivity contribution in [2.75, 3.05) is 25.8 Å². The monoisotopic (exact) mass is 579 g/mol. The number of sulfonamides is 1. The summed E-state index contributed by atoms with van der Waals surface area (Å²) < 4.78 is 78.1. The van der Waals surface area contributed by atoms with E-state index in [-0.39, 0.29) is 29.4 Å². The molecule has 0 bridgehead atoms. The first kappa shape index (κ1) is 28.6. The number of hydrogen-bond acceptors (Lipinski definition) is 9. The highest BCUT2D eigenvalue weighted by Crippen LogP contribution is 2.31. The average Bonchev–Trinajstić information content (AvgIpc) is 3.40. The Labute approximate surface area is 226 Å². The van der Waals surface area contributed by atoms with Crippen molar-refractivity contribution in [3.63, 3.8) is 0 Å². The van der Waals surface area contributed by atoms with Gasteiger partial charge in [-0.25, -0.2) is 22.8 Å². The predicted octanol–water partition coefficient (Wildman–Crippen LogP) is 2.86. The van der Waals surface area contributed by atoms with Gasteiger partial charge < -0.3 is 19.4 Å². The summed E-state index contributed by atoms with van der Waals surface area (Å²) in [6.07, 6.45) is 0.138. The summed E-state index contributed by atoms with van der Waals surface area (Å²) in [6.45, 7) is -0.299.